The third-order valence-electron chi connectivity index (χ3n) is 3.01. The molecule has 0 aliphatic heterocycles. The van der Waals surface area contributed by atoms with Gasteiger partial charge in [0.05, 0.1) is 10.5 Å². The molecule has 1 aromatic rings. The Morgan fingerprint density at radius 1 is 1.32 bits per heavy atom. The number of anilines is 1. The Kier molecular flexibility index (Phi) is 6.53. The fourth-order valence-electron chi connectivity index (χ4n) is 1.82. The minimum atomic E-state index is -4.69. The van der Waals surface area contributed by atoms with Crippen LogP contribution in [-0.2, 0) is 11.0 Å². The number of alkyl halides is 3. The van der Waals surface area contributed by atoms with Crippen molar-refractivity contribution in [3.05, 3.63) is 33.9 Å². The van der Waals surface area contributed by atoms with Gasteiger partial charge in [0, 0.05) is 19.2 Å². The Hall–Kier alpha value is -3.05. The summed E-state index contributed by atoms with van der Waals surface area (Å²) in [6.45, 7) is 1.43. The van der Waals surface area contributed by atoms with E-state index in [9.17, 15) is 32.9 Å². The van der Waals surface area contributed by atoms with Gasteiger partial charge < -0.3 is 21.7 Å². The number of nitro groups is 1. The van der Waals surface area contributed by atoms with E-state index >= 15 is 0 Å². The van der Waals surface area contributed by atoms with Crippen LogP contribution in [0.3, 0.4) is 0 Å². The van der Waals surface area contributed by atoms with Crippen LogP contribution in [0.15, 0.2) is 18.2 Å². The molecule has 0 saturated carbocycles. The van der Waals surface area contributed by atoms with Gasteiger partial charge >= 0.3 is 12.2 Å². The van der Waals surface area contributed by atoms with Crippen LogP contribution in [-0.4, -0.2) is 36.0 Å². The molecule has 5 N–H and O–H groups in total. The van der Waals surface area contributed by atoms with E-state index in [0.717, 1.165) is 6.07 Å². The largest absolute Gasteiger partial charge is 0.416 e. The molecule has 0 fully saturated rings. The highest BCUT2D eigenvalue weighted by molar-refractivity contribution is 5.86. The molecule has 0 radical (unpaired) electrons. The molecule has 0 unspecified atom stereocenters. The number of amides is 3. The maximum Gasteiger partial charge on any atom is 0.416 e. The molecule has 0 spiro atoms. The lowest BCUT2D eigenvalue weighted by Crippen LogP contribution is -2.47. The van der Waals surface area contributed by atoms with Crippen LogP contribution in [0.4, 0.5) is 29.3 Å². The van der Waals surface area contributed by atoms with E-state index in [2.05, 4.69) is 16.0 Å². The summed E-state index contributed by atoms with van der Waals surface area (Å²) in [5.74, 6) is -0.539. The number of nitrogens with two attached hydrogens (primary N) is 1. The number of nitrogens with zero attached hydrogens (tertiary/aromatic N) is 1. The first-order chi connectivity index (χ1) is 11.5. The summed E-state index contributed by atoms with van der Waals surface area (Å²) in [5, 5.41) is 18.1. The van der Waals surface area contributed by atoms with Crippen LogP contribution in [0.5, 0.6) is 0 Å². The molecular weight excluding hydrogens is 347 g/mol. The number of nitrogens with one attached hydrogen (secondary N) is 3. The first-order valence-electron chi connectivity index (χ1n) is 6.95. The first kappa shape index (κ1) is 20.0. The molecule has 0 bridgehead atoms. The lowest BCUT2D eigenvalue weighted by atomic mass is 10.1. The summed E-state index contributed by atoms with van der Waals surface area (Å²) in [7, 11) is 0. The van der Waals surface area contributed by atoms with Crippen LogP contribution in [0.1, 0.15) is 12.5 Å². The van der Waals surface area contributed by atoms with Crippen molar-refractivity contribution in [3.63, 3.8) is 0 Å². The number of urea groups is 1. The Morgan fingerprint density at radius 2 is 1.96 bits per heavy atom. The second kappa shape index (κ2) is 8.17. The maximum absolute atomic E-state index is 12.6. The first-order valence-corrected chi connectivity index (χ1v) is 6.95. The van der Waals surface area contributed by atoms with Gasteiger partial charge in [-0.3, -0.25) is 14.9 Å². The van der Waals surface area contributed by atoms with Crippen molar-refractivity contribution in [2.24, 2.45) is 5.73 Å². The van der Waals surface area contributed by atoms with Crippen LogP contribution in [0.25, 0.3) is 0 Å². The van der Waals surface area contributed by atoms with Gasteiger partial charge in [-0.15, -0.1) is 0 Å². The van der Waals surface area contributed by atoms with E-state index < -0.39 is 40.3 Å². The quantitative estimate of drug-likeness (QED) is 0.327. The Bertz CT molecular complexity index is 666. The SMILES string of the molecule is C[C@H](NC(N)=O)C(=O)NCCNc1ccc(C(F)(F)F)cc1[N+](=O)[O-]. The molecule has 0 aliphatic carbocycles. The average Bonchev–Trinajstić information content (AvgIpc) is 2.49. The molecule has 0 saturated heterocycles. The van der Waals surface area contributed by atoms with Crippen molar-refractivity contribution in [1.82, 2.24) is 10.6 Å². The minimum Gasteiger partial charge on any atom is -0.378 e. The van der Waals surface area contributed by atoms with Crippen LogP contribution < -0.4 is 21.7 Å². The Balaban J connectivity index is 2.64. The summed E-state index contributed by atoms with van der Waals surface area (Å²) in [6.07, 6.45) is -4.69. The number of carbonyl (C=O) groups is 2. The van der Waals surface area contributed by atoms with E-state index in [0.29, 0.717) is 12.1 Å². The second-order valence-corrected chi connectivity index (χ2v) is 4.93. The third kappa shape index (κ3) is 6.16. The van der Waals surface area contributed by atoms with Gasteiger partial charge in [0.15, 0.2) is 0 Å². The molecule has 3 amide bonds. The van der Waals surface area contributed by atoms with Crippen molar-refractivity contribution in [3.8, 4) is 0 Å². The monoisotopic (exact) mass is 363 g/mol. The Labute approximate surface area is 139 Å². The van der Waals surface area contributed by atoms with Crippen LogP contribution in [0, 0.1) is 10.1 Å². The molecular formula is C13H16F3N5O4. The molecule has 138 valence electrons. The predicted molar refractivity (Wildman–Crippen MR) is 81.8 cm³/mol. The highest BCUT2D eigenvalue weighted by atomic mass is 19.4. The molecule has 0 heterocycles. The summed E-state index contributed by atoms with van der Waals surface area (Å²) < 4.78 is 37.8. The van der Waals surface area contributed by atoms with Crippen molar-refractivity contribution in [1.29, 1.82) is 0 Å². The minimum absolute atomic E-state index is 0.0151. The fourth-order valence-corrected chi connectivity index (χ4v) is 1.82. The number of hydrogen-bond donors (Lipinski definition) is 4. The van der Waals surface area contributed by atoms with Crippen molar-refractivity contribution in [2.45, 2.75) is 19.1 Å². The van der Waals surface area contributed by atoms with Gasteiger partial charge in [0.25, 0.3) is 5.69 Å². The molecule has 1 atom stereocenters. The molecule has 0 aromatic heterocycles. The number of benzene rings is 1. The summed E-state index contributed by atoms with van der Waals surface area (Å²) in [5.41, 5.74) is 2.88. The fraction of sp³-hybridized carbons (Fsp3) is 0.385. The zero-order valence-corrected chi connectivity index (χ0v) is 13.0. The lowest BCUT2D eigenvalue weighted by molar-refractivity contribution is -0.384. The standard InChI is InChI=1S/C13H16F3N5O4/c1-7(20-12(17)23)11(22)19-5-4-18-9-3-2-8(13(14,15)16)6-10(9)21(24)25/h2-3,6-7,18H,4-5H2,1H3,(H,19,22)(H3,17,20,23)/t7-/m0/s1. The average molecular weight is 363 g/mol. The van der Waals surface area contributed by atoms with Crippen LogP contribution >= 0.6 is 0 Å². The van der Waals surface area contributed by atoms with Gasteiger partial charge in [-0.2, -0.15) is 13.2 Å². The summed E-state index contributed by atoms with van der Waals surface area (Å²) >= 11 is 0. The number of primary amides is 1. The van der Waals surface area contributed by atoms with E-state index in [1.807, 2.05) is 0 Å². The van der Waals surface area contributed by atoms with Gasteiger partial charge in [-0.05, 0) is 19.1 Å². The molecule has 9 nitrogen and oxygen atoms in total. The van der Waals surface area contributed by atoms with Gasteiger partial charge in [0.1, 0.15) is 11.7 Å². The maximum atomic E-state index is 12.6. The molecule has 0 aliphatic rings. The van der Waals surface area contributed by atoms with Crippen molar-refractivity contribution in [2.75, 3.05) is 18.4 Å². The predicted octanol–water partition coefficient (Wildman–Crippen LogP) is 1.20. The lowest BCUT2D eigenvalue weighted by Gasteiger charge is -2.13. The number of hydrogen-bond acceptors (Lipinski definition) is 5. The highest BCUT2D eigenvalue weighted by Gasteiger charge is 2.33. The highest BCUT2D eigenvalue weighted by Crippen LogP contribution is 2.34. The molecule has 1 aromatic carbocycles. The normalized spacial score (nSPS) is 12.2. The number of halogens is 3. The van der Waals surface area contributed by atoms with Gasteiger partial charge in [-0.1, -0.05) is 0 Å². The van der Waals surface area contributed by atoms with Crippen molar-refractivity contribution < 1.29 is 27.7 Å². The Morgan fingerprint density at radius 3 is 2.48 bits per heavy atom. The topological polar surface area (TPSA) is 139 Å². The summed E-state index contributed by atoms with van der Waals surface area (Å²) in [6, 6.07) is 0.339. The number of nitro benzene ring substituents is 1. The molecule has 1 rings (SSSR count). The molecule has 25 heavy (non-hydrogen) atoms. The zero-order chi connectivity index (χ0) is 19.2. The van der Waals surface area contributed by atoms with Crippen molar-refractivity contribution >= 4 is 23.3 Å². The second-order valence-electron chi connectivity index (χ2n) is 4.93. The van der Waals surface area contributed by atoms with E-state index in [-0.39, 0.29) is 18.8 Å². The van der Waals surface area contributed by atoms with Gasteiger partial charge in [-0.25, -0.2) is 4.79 Å². The molecule has 12 heteroatoms. The number of carbonyl (C=O) groups excluding carboxylic acids is 2. The zero-order valence-electron chi connectivity index (χ0n) is 13.0. The van der Waals surface area contributed by atoms with E-state index in [1.54, 1.807) is 0 Å². The number of rotatable bonds is 7. The van der Waals surface area contributed by atoms with E-state index in [4.69, 9.17) is 5.73 Å². The van der Waals surface area contributed by atoms with E-state index in [1.165, 1.54) is 6.92 Å². The van der Waals surface area contributed by atoms with Crippen LogP contribution in [0.2, 0.25) is 0 Å². The van der Waals surface area contributed by atoms with Gasteiger partial charge in [0.2, 0.25) is 5.91 Å². The summed E-state index contributed by atoms with van der Waals surface area (Å²) in [4.78, 5) is 32.2. The smallest absolute Gasteiger partial charge is 0.378 e. The third-order valence-corrected chi connectivity index (χ3v) is 3.01.